The lowest BCUT2D eigenvalue weighted by molar-refractivity contribution is -0.146. The zero-order valence-electron chi connectivity index (χ0n) is 10.3. The third-order valence-electron chi connectivity index (χ3n) is 2.47. The zero-order valence-corrected chi connectivity index (χ0v) is 11.1. The summed E-state index contributed by atoms with van der Waals surface area (Å²) in [5, 5.41) is 8.84. The lowest BCUT2D eigenvalue weighted by Gasteiger charge is -2.19. The fourth-order valence-corrected chi connectivity index (χ4v) is 2.41. The number of hydrogen-bond donors (Lipinski definition) is 2. The van der Waals surface area contributed by atoms with Crippen molar-refractivity contribution in [3.05, 3.63) is 29.8 Å². The second kappa shape index (κ2) is 5.22. The first-order valence-corrected chi connectivity index (χ1v) is 6.73. The van der Waals surface area contributed by atoms with Gasteiger partial charge in [-0.1, -0.05) is 0 Å². The van der Waals surface area contributed by atoms with Crippen LogP contribution in [-0.2, 0) is 14.8 Å². The molecule has 0 unspecified atom stereocenters. The maximum Gasteiger partial charge on any atom is 0.310 e. The van der Waals surface area contributed by atoms with Crippen LogP contribution in [0.2, 0.25) is 0 Å². The van der Waals surface area contributed by atoms with Crippen LogP contribution >= 0.6 is 0 Å². The molecule has 0 fully saturated rings. The maximum atomic E-state index is 13.3. The van der Waals surface area contributed by atoms with E-state index in [9.17, 15) is 22.0 Å². The Kier molecular flexibility index (Phi) is 4.26. The minimum Gasteiger partial charge on any atom is -0.481 e. The fraction of sp³-hybridized carbons (Fsp3) is 0.364. The quantitative estimate of drug-likeness (QED) is 0.858. The number of carbonyl (C=O) groups is 1. The van der Waals surface area contributed by atoms with E-state index in [-0.39, 0.29) is 0 Å². The van der Waals surface area contributed by atoms with Gasteiger partial charge < -0.3 is 5.11 Å². The molecule has 1 aromatic carbocycles. The molecule has 106 valence electrons. The molecule has 19 heavy (non-hydrogen) atoms. The molecule has 0 radical (unpaired) electrons. The molecule has 2 N–H and O–H groups in total. The van der Waals surface area contributed by atoms with E-state index in [2.05, 4.69) is 0 Å². The number of carboxylic acid groups (broad SMARTS) is 1. The highest BCUT2D eigenvalue weighted by molar-refractivity contribution is 7.89. The third-order valence-corrected chi connectivity index (χ3v) is 3.88. The summed E-state index contributed by atoms with van der Waals surface area (Å²) in [7, 11) is -4.31. The summed E-state index contributed by atoms with van der Waals surface area (Å²) in [6, 6.07) is 2.01. The fourth-order valence-electron chi connectivity index (χ4n) is 1.11. The van der Waals surface area contributed by atoms with Crippen LogP contribution in [0.15, 0.2) is 23.1 Å². The standard InChI is InChI=1S/C11H13F2NO4S/c1-11(2,10(15)16)6-14-19(17,18)9-5-7(12)3-4-8(9)13/h3-5,14H,6H2,1-2H3,(H,15,16). The normalized spacial score (nSPS) is 12.4. The highest BCUT2D eigenvalue weighted by Gasteiger charge is 2.30. The summed E-state index contributed by atoms with van der Waals surface area (Å²) in [5.74, 6) is -3.23. The number of rotatable bonds is 5. The summed E-state index contributed by atoms with van der Waals surface area (Å²) in [6.45, 7) is 2.17. The van der Waals surface area contributed by atoms with Gasteiger partial charge in [-0.2, -0.15) is 0 Å². The Balaban J connectivity index is 3.00. The average molecular weight is 293 g/mol. The summed E-state index contributed by atoms with van der Waals surface area (Å²) < 4.78 is 51.7. The van der Waals surface area contributed by atoms with E-state index in [0.29, 0.717) is 12.1 Å². The Morgan fingerprint density at radius 3 is 2.47 bits per heavy atom. The Hall–Kier alpha value is -1.54. The summed E-state index contributed by atoms with van der Waals surface area (Å²) in [6.07, 6.45) is 0. The van der Waals surface area contributed by atoms with Gasteiger partial charge in [-0.15, -0.1) is 0 Å². The van der Waals surface area contributed by atoms with Crippen molar-refractivity contribution in [1.82, 2.24) is 4.72 Å². The minimum atomic E-state index is -4.31. The topological polar surface area (TPSA) is 83.5 Å². The highest BCUT2D eigenvalue weighted by Crippen LogP contribution is 2.18. The zero-order chi connectivity index (χ0) is 14.8. The number of carboxylic acids is 1. The SMILES string of the molecule is CC(C)(CNS(=O)(=O)c1cc(F)ccc1F)C(=O)O. The molecule has 1 rings (SSSR count). The number of sulfonamides is 1. The van der Waals surface area contributed by atoms with Crippen molar-refractivity contribution in [1.29, 1.82) is 0 Å². The summed E-state index contributed by atoms with van der Waals surface area (Å²) >= 11 is 0. The molecule has 1 aromatic rings. The average Bonchev–Trinajstić information content (AvgIpc) is 2.30. The van der Waals surface area contributed by atoms with Crippen molar-refractivity contribution in [2.45, 2.75) is 18.7 Å². The van der Waals surface area contributed by atoms with E-state index in [1.165, 1.54) is 13.8 Å². The molecular weight excluding hydrogens is 280 g/mol. The van der Waals surface area contributed by atoms with Crippen LogP contribution in [0.4, 0.5) is 8.78 Å². The molecule has 0 saturated carbocycles. The van der Waals surface area contributed by atoms with Gasteiger partial charge in [0.15, 0.2) is 0 Å². The van der Waals surface area contributed by atoms with Crippen LogP contribution in [0.5, 0.6) is 0 Å². The molecule has 0 aliphatic rings. The Morgan fingerprint density at radius 2 is 1.95 bits per heavy atom. The van der Waals surface area contributed by atoms with Crippen LogP contribution in [-0.4, -0.2) is 26.0 Å². The maximum absolute atomic E-state index is 13.3. The van der Waals surface area contributed by atoms with Crippen LogP contribution in [0.25, 0.3) is 0 Å². The third kappa shape index (κ3) is 3.71. The van der Waals surface area contributed by atoms with Crippen molar-refractivity contribution in [2.24, 2.45) is 5.41 Å². The molecule has 0 aromatic heterocycles. The van der Waals surface area contributed by atoms with Gasteiger partial charge in [-0.3, -0.25) is 4.79 Å². The number of hydrogen-bond acceptors (Lipinski definition) is 3. The second-order valence-electron chi connectivity index (χ2n) is 4.59. The molecule has 8 heteroatoms. The Bertz CT molecular complexity index is 599. The first-order chi connectivity index (χ1) is 8.56. The van der Waals surface area contributed by atoms with Gasteiger partial charge in [0.1, 0.15) is 16.5 Å². The van der Waals surface area contributed by atoms with E-state index in [0.717, 1.165) is 6.07 Å². The van der Waals surface area contributed by atoms with Crippen LogP contribution in [0.3, 0.4) is 0 Å². The van der Waals surface area contributed by atoms with E-state index in [1.54, 1.807) is 0 Å². The molecule has 0 spiro atoms. The molecule has 0 atom stereocenters. The van der Waals surface area contributed by atoms with Gasteiger partial charge in [0.2, 0.25) is 10.0 Å². The van der Waals surface area contributed by atoms with Crippen molar-refractivity contribution in [2.75, 3.05) is 6.54 Å². The van der Waals surface area contributed by atoms with E-state index in [4.69, 9.17) is 5.11 Å². The number of aliphatic carboxylic acids is 1. The van der Waals surface area contributed by atoms with Crippen LogP contribution in [0.1, 0.15) is 13.8 Å². The van der Waals surface area contributed by atoms with Crippen LogP contribution < -0.4 is 4.72 Å². The van der Waals surface area contributed by atoms with E-state index in [1.807, 2.05) is 4.72 Å². The smallest absolute Gasteiger partial charge is 0.310 e. The predicted octanol–water partition coefficient (Wildman–Crippen LogP) is 1.35. The van der Waals surface area contributed by atoms with Gasteiger partial charge in [0, 0.05) is 6.54 Å². The molecule has 0 aliphatic carbocycles. The molecule has 0 aliphatic heterocycles. The number of benzene rings is 1. The summed E-state index contributed by atoms with van der Waals surface area (Å²) in [5.41, 5.74) is -1.36. The van der Waals surface area contributed by atoms with Crippen molar-refractivity contribution in [3.63, 3.8) is 0 Å². The minimum absolute atomic E-state index is 0.444. The first-order valence-electron chi connectivity index (χ1n) is 5.24. The van der Waals surface area contributed by atoms with Gasteiger partial charge in [-0.25, -0.2) is 21.9 Å². The van der Waals surface area contributed by atoms with Crippen molar-refractivity contribution >= 4 is 16.0 Å². The van der Waals surface area contributed by atoms with Gasteiger partial charge in [0.25, 0.3) is 0 Å². The molecular formula is C11H13F2NO4S. The van der Waals surface area contributed by atoms with Gasteiger partial charge in [-0.05, 0) is 32.0 Å². The molecule has 0 saturated heterocycles. The monoisotopic (exact) mass is 293 g/mol. The lowest BCUT2D eigenvalue weighted by atomic mass is 9.95. The van der Waals surface area contributed by atoms with Gasteiger partial charge in [0.05, 0.1) is 5.41 Å². The molecule has 0 bridgehead atoms. The highest BCUT2D eigenvalue weighted by atomic mass is 32.2. The number of nitrogens with one attached hydrogen (secondary N) is 1. The molecule has 0 amide bonds. The Labute approximate surface area is 109 Å². The molecule has 5 nitrogen and oxygen atoms in total. The summed E-state index contributed by atoms with van der Waals surface area (Å²) in [4.78, 5) is 9.97. The lowest BCUT2D eigenvalue weighted by Crippen LogP contribution is -2.39. The Morgan fingerprint density at radius 1 is 1.37 bits per heavy atom. The van der Waals surface area contributed by atoms with E-state index >= 15 is 0 Å². The predicted molar refractivity (Wildman–Crippen MR) is 63.0 cm³/mol. The van der Waals surface area contributed by atoms with Crippen molar-refractivity contribution < 1.29 is 27.1 Å². The molecule has 0 heterocycles. The van der Waals surface area contributed by atoms with Crippen molar-refractivity contribution in [3.8, 4) is 0 Å². The largest absolute Gasteiger partial charge is 0.481 e. The number of halogens is 2. The van der Waals surface area contributed by atoms with E-state index < -0.39 is 44.5 Å². The van der Waals surface area contributed by atoms with Gasteiger partial charge >= 0.3 is 5.97 Å². The second-order valence-corrected chi connectivity index (χ2v) is 6.32. The van der Waals surface area contributed by atoms with Crippen LogP contribution in [0, 0.1) is 17.0 Å². The first kappa shape index (κ1) is 15.5.